The van der Waals surface area contributed by atoms with Crippen LogP contribution in [-0.2, 0) is 17.1 Å². The summed E-state index contributed by atoms with van der Waals surface area (Å²) in [5.41, 5.74) is 0.742. The predicted octanol–water partition coefficient (Wildman–Crippen LogP) is 2.56. The number of amides is 1. The summed E-state index contributed by atoms with van der Waals surface area (Å²) in [4.78, 5) is 12.5. The molecule has 1 amide bonds. The van der Waals surface area contributed by atoms with E-state index in [9.17, 15) is 22.0 Å². The van der Waals surface area contributed by atoms with Gasteiger partial charge < -0.3 is 14.6 Å². The van der Waals surface area contributed by atoms with E-state index in [1.54, 1.807) is 19.9 Å². The Labute approximate surface area is 161 Å². The van der Waals surface area contributed by atoms with Gasteiger partial charge >= 0.3 is 0 Å². The normalized spacial score (nSPS) is 18.8. The highest BCUT2D eigenvalue weighted by Gasteiger charge is 2.35. The number of ether oxygens (including phenoxy) is 1. The summed E-state index contributed by atoms with van der Waals surface area (Å²) in [5.74, 6) is -2.97. The first kappa shape index (κ1) is 20.0. The molecule has 1 aliphatic heterocycles. The summed E-state index contributed by atoms with van der Waals surface area (Å²) >= 11 is 0. The van der Waals surface area contributed by atoms with E-state index in [1.165, 1.54) is 23.9 Å². The largest absolute Gasteiger partial charge is 0.488 e. The second kappa shape index (κ2) is 7.36. The van der Waals surface area contributed by atoms with Crippen LogP contribution in [0.3, 0.4) is 0 Å². The molecule has 0 fully saturated rings. The smallest absolute Gasteiger partial charge is 0.276 e. The molecule has 2 heterocycles. The summed E-state index contributed by atoms with van der Waals surface area (Å²) in [7, 11) is -2.44. The minimum atomic E-state index is -3.93. The van der Waals surface area contributed by atoms with Crippen molar-refractivity contribution in [2.45, 2.75) is 24.8 Å². The van der Waals surface area contributed by atoms with Gasteiger partial charge in [-0.15, -0.1) is 0 Å². The first-order valence-electron chi connectivity index (χ1n) is 8.37. The van der Waals surface area contributed by atoms with Crippen LogP contribution >= 0.6 is 0 Å². The summed E-state index contributed by atoms with van der Waals surface area (Å²) in [6.07, 6.45) is 3.04. The zero-order valence-corrected chi connectivity index (χ0v) is 16.2. The van der Waals surface area contributed by atoms with Crippen LogP contribution in [0.4, 0.5) is 14.5 Å². The molecule has 0 unspecified atom stereocenters. The molecule has 7 nitrogen and oxygen atoms in total. The van der Waals surface area contributed by atoms with E-state index in [0.717, 1.165) is 17.7 Å². The number of carbonyl (C=O) groups is 1. The molecule has 1 aliphatic rings. The van der Waals surface area contributed by atoms with Gasteiger partial charge in [0.05, 0.1) is 6.04 Å². The summed E-state index contributed by atoms with van der Waals surface area (Å²) in [6.45, 7) is 3.55. The number of sulfonamides is 1. The molecule has 1 atom stereocenters. The molecule has 0 radical (unpaired) electrons. The molecule has 1 aromatic carbocycles. The lowest BCUT2D eigenvalue weighted by molar-refractivity contribution is 0.101. The maximum Gasteiger partial charge on any atom is 0.276 e. The minimum absolute atomic E-state index is 0.00211. The molecule has 150 valence electrons. The highest BCUT2D eigenvalue weighted by atomic mass is 32.2. The average Bonchev–Trinajstić information content (AvgIpc) is 2.92. The number of benzene rings is 1. The van der Waals surface area contributed by atoms with E-state index in [2.05, 4.69) is 10.0 Å². The van der Waals surface area contributed by atoms with Gasteiger partial charge in [-0.1, -0.05) is 11.6 Å². The van der Waals surface area contributed by atoms with E-state index in [1.807, 2.05) is 0 Å². The molecule has 0 saturated carbocycles. The van der Waals surface area contributed by atoms with Crippen LogP contribution in [0.2, 0.25) is 0 Å². The van der Waals surface area contributed by atoms with Crippen LogP contribution in [0.1, 0.15) is 24.3 Å². The average molecular weight is 411 g/mol. The molecular weight excluding hydrogens is 392 g/mol. The Balaban J connectivity index is 1.98. The third-order valence-electron chi connectivity index (χ3n) is 4.48. The number of anilines is 1. The van der Waals surface area contributed by atoms with Gasteiger partial charge in [-0.05, 0) is 26.0 Å². The van der Waals surface area contributed by atoms with Crippen molar-refractivity contribution in [2.75, 3.05) is 11.9 Å². The molecule has 0 aliphatic carbocycles. The van der Waals surface area contributed by atoms with Crippen molar-refractivity contribution in [1.29, 1.82) is 0 Å². The Kier molecular flexibility index (Phi) is 5.26. The standard InChI is InChI=1S/C18H19F2N3O4S/c1-4-10(2)14-9-27-17-15(28(25,26)22-14)8-23(3)16(17)18(24)21-11-5-6-12(19)13(20)7-11/h4-8,14,22H,9H2,1-3H3,(H,21,24)/b10-4-/t14-/m1/s1. The maximum absolute atomic E-state index is 13.4. The zero-order valence-electron chi connectivity index (χ0n) is 15.4. The Hall–Kier alpha value is -2.72. The number of nitrogens with zero attached hydrogens (tertiary/aromatic N) is 1. The summed E-state index contributed by atoms with van der Waals surface area (Å²) < 4.78 is 61.4. The fraction of sp³-hybridized carbons (Fsp3) is 0.278. The van der Waals surface area contributed by atoms with E-state index in [-0.39, 0.29) is 28.6 Å². The number of nitrogens with one attached hydrogen (secondary N) is 2. The van der Waals surface area contributed by atoms with E-state index >= 15 is 0 Å². The van der Waals surface area contributed by atoms with Gasteiger partial charge in [-0.2, -0.15) is 0 Å². The number of allylic oxidation sites excluding steroid dienone is 1. The molecule has 2 N–H and O–H groups in total. The van der Waals surface area contributed by atoms with Crippen molar-refractivity contribution in [3.63, 3.8) is 0 Å². The Bertz CT molecular complexity index is 1080. The Morgan fingerprint density at radius 2 is 2.07 bits per heavy atom. The van der Waals surface area contributed by atoms with Crippen LogP contribution in [0.5, 0.6) is 5.75 Å². The number of halogens is 2. The highest BCUT2D eigenvalue weighted by Crippen LogP contribution is 2.33. The van der Waals surface area contributed by atoms with Crippen molar-refractivity contribution >= 4 is 21.6 Å². The first-order valence-corrected chi connectivity index (χ1v) is 9.86. The minimum Gasteiger partial charge on any atom is -0.488 e. The number of hydrogen-bond acceptors (Lipinski definition) is 4. The topological polar surface area (TPSA) is 89.4 Å². The SMILES string of the molecule is C/C=C(/C)[C@H]1COc2c(cn(C)c2C(=O)Nc2ccc(F)c(F)c2)S(=O)(=O)N1. The van der Waals surface area contributed by atoms with Crippen LogP contribution < -0.4 is 14.8 Å². The molecule has 10 heteroatoms. The van der Waals surface area contributed by atoms with Crippen LogP contribution in [-0.4, -0.2) is 31.5 Å². The fourth-order valence-corrected chi connectivity index (χ4v) is 4.26. The molecule has 0 saturated heterocycles. The van der Waals surface area contributed by atoms with Crippen LogP contribution in [0.25, 0.3) is 0 Å². The van der Waals surface area contributed by atoms with Crippen molar-refractivity contribution < 1.29 is 26.7 Å². The van der Waals surface area contributed by atoms with Gasteiger partial charge in [0.15, 0.2) is 23.1 Å². The predicted molar refractivity (Wildman–Crippen MR) is 98.8 cm³/mol. The molecule has 28 heavy (non-hydrogen) atoms. The first-order chi connectivity index (χ1) is 13.1. The van der Waals surface area contributed by atoms with Crippen LogP contribution in [0.15, 0.2) is 40.9 Å². The van der Waals surface area contributed by atoms with Crippen molar-refractivity contribution in [2.24, 2.45) is 7.05 Å². The maximum atomic E-state index is 13.4. The number of aromatic nitrogens is 1. The second-order valence-electron chi connectivity index (χ2n) is 6.38. The Morgan fingerprint density at radius 3 is 2.71 bits per heavy atom. The summed E-state index contributed by atoms with van der Waals surface area (Å²) in [5, 5.41) is 2.42. The molecule has 3 rings (SSSR count). The number of carbonyl (C=O) groups excluding carboxylic acids is 1. The monoisotopic (exact) mass is 411 g/mol. The van der Waals surface area contributed by atoms with E-state index in [4.69, 9.17) is 4.74 Å². The third kappa shape index (κ3) is 3.65. The lowest BCUT2D eigenvalue weighted by Crippen LogP contribution is -2.37. The number of aryl methyl sites for hydroxylation is 1. The molecule has 0 bridgehead atoms. The third-order valence-corrected chi connectivity index (χ3v) is 5.95. The van der Waals surface area contributed by atoms with E-state index in [0.29, 0.717) is 0 Å². The fourth-order valence-electron chi connectivity index (χ4n) is 2.81. The molecule has 1 aromatic heterocycles. The second-order valence-corrected chi connectivity index (χ2v) is 8.06. The summed E-state index contributed by atoms with van der Waals surface area (Å²) in [6, 6.07) is 2.34. The van der Waals surface area contributed by atoms with Crippen molar-refractivity contribution in [3.05, 3.63) is 53.4 Å². The lowest BCUT2D eigenvalue weighted by atomic mass is 10.1. The van der Waals surface area contributed by atoms with Crippen molar-refractivity contribution in [3.8, 4) is 5.75 Å². The molecular formula is C18H19F2N3O4S. The highest BCUT2D eigenvalue weighted by molar-refractivity contribution is 7.89. The quantitative estimate of drug-likeness (QED) is 0.760. The van der Waals surface area contributed by atoms with Crippen molar-refractivity contribution in [1.82, 2.24) is 9.29 Å². The van der Waals surface area contributed by atoms with Gasteiger partial charge in [0.2, 0.25) is 10.0 Å². The van der Waals surface area contributed by atoms with Gasteiger partial charge in [0, 0.05) is 25.0 Å². The Morgan fingerprint density at radius 1 is 1.36 bits per heavy atom. The molecule has 2 aromatic rings. The van der Waals surface area contributed by atoms with E-state index < -0.39 is 33.6 Å². The van der Waals surface area contributed by atoms with Gasteiger partial charge in [-0.3, -0.25) is 4.79 Å². The van der Waals surface area contributed by atoms with Gasteiger partial charge in [-0.25, -0.2) is 21.9 Å². The number of hydrogen-bond donors (Lipinski definition) is 2. The van der Waals surface area contributed by atoms with Crippen LogP contribution in [0, 0.1) is 11.6 Å². The molecule has 0 spiro atoms. The van der Waals surface area contributed by atoms with Gasteiger partial charge in [0.25, 0.3) is 5.91 Å². The lowest BCUT2D eigenvalue weighted by Gasteiger charge is -2.16. The zero-order chi connectivity index (χ0) is 20.6. The number of fused-ring (bicyclic) bond motifs is 1. The number of rotatable bonds is 3. The van der Waals surface area contributed by atoms with Gasteiger partial charge in [0.1, 0.15) is 11.5 Å².